The molecule has 0 aromatic heterocycles. The molecule has 1 N–H and O–H groups in total. The predicted octanol–water partition coefficient (Wildman–Crippen LogP) is 2.79. The number of nitrogens with zero attached hydrogens (tertiary/aromatic N) is 1. The zero-order valence-corrected chi connectivity index (χ0v) is 14.6. The van der Waals surface area contributed by atoms with Crippen molar-refractivity contribution in [1.29, 1.82) is 0 Å². The van der Waals surface area contributed by atoms with Crippen molar-refractivity contribution in [3.8, 4) is 0 Å². The molecule has 2 atom stereocenters. The number of hydrogen-bond acceptors (Lipinski definition) is 3. The second-order valence-corrected chi connectivity index (χ2v) is 8.45. The standard InChI is InChI=1S/C17H28N2O2S/c1-14(18-2)17(16-11-5-4-6-12-16)19(3)22(20,21)13-15-9-7-8-10-15/h4-6,11-12,14-15,17-18H,7-10,13H2,1-3H3. The number of rotatable bonds is 7. The monoisotopic (exact) mass is 324 g/mol. The minimum Gasteiger partial charge on any atom is -0.315 e. The first-order chi connectivity index (χ1) is 10.5. The molecular weight excluding hydrogens is 296 g/mol. The highest BCUT2D eigenvalue weighted by molar-refractivity contribution is 7.89. The molecule has 2 rings (SSSR count). The number of benzene rings is 1. The molecule has 0 bridgehead atoms. The number of likely N-dealkylation sites (N-methyl/N-ethyl adjacent to an activating group) is 2. The molecule has 22 heavy (non-hydrogen) atoms. The van der Waals surface area contributed by atoms with Gasteiger partial charge in [-0.15, -0.1) is 0 Å². The van der Waals surface area contributed by atoms with Gasteiger partial charge in [-0.3, -0.25) is 0 Å². The second kappa shape index (κ2) is 7.57. The van der Waals surface area contributed by atoms with E-state index in [1.807, 2.05) is 44.3 Å². The summed E-state index contributed by atoms with van der Waals surface area (Å²) in [5, 5.41) is 3.20. The van der Waals surface area contributed by atoms with Crippen LogP contribution in [0.5, 0.6) is 0 Å². The van der Waals surface area contributed by atoms with Crippen LogP contribution in [0.2, 0.25) is 0 Å². The lowest BCUT2D eigenvalue weighted by Gasteiger charge is -2.33. The van der Waals surface area contributed by atoms with Crippen LogP contribution < -0.4 is 5.32 Å². The summed E-state index contributed by atoms with van der Waals surface area (Å²) in [5.74, 6) is 0.609. The quantitative estimate of drug-likeness (QED) is 0.839. The van der Waals surface area contributed by atoms with Crippen LogP contribution in [0.4, 0.5) is 0 Å². The third-order valence-electron chi connectivity index (χ3n) is 4.82. The van der Waals surface area contributed by atoms with Crippen LogP contribution in [-0.4, -0.2) is 38.6 Å². The van der Waals surface area contributed by atoms with Gasteiger partial charge in [0.05, 0.1) is 11.8 Å². The van der Waals surface area contributed by atoms with Crippen LogP contribution >= 0.6 is 0 Å². The molecule has 0 radical (unpaired) electrons. The van der Waals surface area contributed by atoms with Crippen molar-refractivity contribution < 1.29 is 8.42 Å². The largest absolute Gasteiger partial charge is 0.315 e. The Morgan fingerprint density at radius 3 is 2.36 bits per heavy atom. The molecule has 5 heteroatoms. The fourth-order valence-corrected chi connectivity index (χ4v) is 5.20. The van der Waals surface area contributed by atoms with Gasteiger partial charge in [0.15, 0.2) is 0 Å². The summed E-state index contributed by atoms with van der Waals surface area (Å²) < 4.78 is 27.2. The van der Waals surface area contributed by atoms with E-state index < -0.39 is 10.0 Å². The van der Waals surface area contributed by atoms with E-state index in [4.69, 9.17) is 0 Å². The van der Waals surface area contributed by atoms with Gasteiger partial charge in [-0.1, -0.05) is 43.2 Å². The Morgan fingerprint density at radius 1 is 1.23 bits per heavy atom. The molecule has 0 saturated heterocycles. The van der Waals surface area contributed by atoms with Crippen molar-refractivity contribution in [1.82, 2.24) is 9.62 Å². The smallest absolute Gasteiger partial charge is 0.214 e. The SMILES string of the molecule is CNC(C)C(c1ccccc1)N(C)S(=O)(=O)CC1CCCC1. The van der Waals surface area contributed by atoms with Gasteiger partial charge >= 0.3 is 0 Å². The minimum atomic E-state index is -3.25. The first-order valence-corrected chi connectivity index (χ1v) is 9.74. The van der Waals surface area contributed by atoms with Gasteiger partial charge in [0.1, 0.15) is 0 Å². The maximum atomic E-state index is 12.8. The summed E-state index contributed by atoms with van der Waals surface area (Å²) in [6.45, 7) is 2.03. The summed E-state index contributed by atoms with van der Waals surface area (Å²) in [6, 6.07) is 9.74. The molecule has 2 unspecified atom stereocenters. The molecule has 124 valence electrons. The molecular formula is C17H28N2O2S. The molecule has 0 heterocycles. The average Bonchev–Trinajstić information content (AvgIpc) is 3.00. The van der Waals surface area contributed by atoms with Crippen LogP contribution in [0.3, 0.4) is 0 Å². The van der Waals surface area contributed by atoms with E-state index in [1.165, 1.54) is 12.8 Å². The van der Waals surface area contributed by atoms with Gasteiger partial charge in [-0.05, 0) is 38.3 Å². The van der Waals surface area contributed by atoms with E-state index in [0.29, 0.717) is 5.92 Å². The lowest BCUT2D eigenvalue weighted by molar-refractivity contribution is 0.309. The van der Waals surface area contributed by atoms with E-state index in [0.717, 1.165) is 18.4 Å². The summed E-state index contributed by atoms with van der Waals surface area (Å²) >= 11 is 0. The summed E-state index contributed by atoms with van der Waals surface area (Å²) in [4.78, 5) is 0. The average molecular weight is 324 g/mol. The van der Waals surface area contributed by atoms with E-state index in [-0.39, 0.29) is 17.8 Å². The number of nitrogens with one attached hydrogen (secondary N) is 1. The van der Waals surface area contributed by atoms with Gasteiger partial charge in [0.2, 0.25) is 10.0 Å². The molecule has 0 spiro atoms. The van der Waals surface area contributed by atoms with Crippen LogP contribution in [-0.2, 0) is 10.0 Å². The maximum Gasteiger partial charge on any atom is 0.214 e. The normalized spacial score (nSPS) is 19.5. The molecule has 1 saturated carbocycles. The Morgan fingerprint density at radius 2 is 1.82 bits per heavy atom. The maximum absolute atomic E-state index is 12.8. The van der Waals surface area contributed by atoms with Crippen LogP contribution in [0.25, 0.3) is 0 Å². The van der Waals surface area contributed by atoms with E-state index >= 15 is 0 Å². The van der Waals surface area contributed by atoms with Crippen LogP contribution in [0.1, 0.15) is 44.2 Å². The van der Waals surface area contributed by atoms with Crippen LogP contribution in [0, 0.1) is 5.92 Å². The third kappa shape index (κ3) is 4.09. The molecule has 1 aliphatic rings. The van der Waals surface area contributed by atoms with E-state index in [9.17, 15) is 8.42 Å². The topological polar surface area (TPSA) is 49.4 Å². The van der Waals surface area contributed by atoms with Crippen molar-refractivity contribution in [3.05, 3.63) is 35.9 Å². The molecule has 4 nitrogen and oxygen atoms in total. The molecule has 0 aliphatic heterocycles. The summed E-state index contributed by atoms with van der Waals surface area (Å²) in [7, 11) is 0.338. The van der Waals surface area contributed by atoms with E-state index in [2.05, 4.69) is 5.32 Å². The first-order valence-electron chi connectivity index (χ1n) is 8.13. The molecule has 1 aliphatic carbocycles. The summed E-state index contributed by atoms with van der Waals surface area (Å²) in [6.07, 6.45) is 4.42. The van der Waals surface area contributed by atoms with Crippen molar-refractivity contribution in [3.63, 3.8) is 0 Å². The molecule has 0 amide bonds. The highest BCUT2D eigenvalue weighted by Crippen LogP contribution is 2.30. The fraction of sp³-hybridized carbons (Fsp3) is 0.647. The minimum absolute atomic E-state index is 0.0470. The van der Waals surface area contributed by atoms with Gasteiger partial charge in [0, 0.05) is 13.1 Å². The molecule has 1 aromatic carbocycles. The van der Waals surface area contributed by atoms with Gasteiger partial charge in [-0.2, -0.15) is 4.31 Å². The van der Waals surface area contributed by atoms with Crippen molar-refractivity contribution in [2.24, 2.45) is 5.92 Å². The number of sulfonamides is 1. The zero-order chi connectivity index (χ0) is 16.2. The Bertz CT molecular complexity index is 553. The Labute approximate surface area is 135 Å². The van der Waals surface area contributed by atoms with Crippen molar-refractivity contribution in [2.75, 3.05) is 19.8 Å². The fourth-order valence-electron chi connectivity index (χ4n) is 3.39. The van der Waals surface area contributed by atoms with Crippen molar-refractivity contribution >= 4 is 10.0 Å². The second-order valence-electron chi connectivity index (χ2n) is 6.38. The Balaban J connectivity index is 2.22. The zero-order valence-electron chi connectivity index (χ0n) is 13.8. The summed E-state index contributed by atoms with van der Waals surface area (Å²) in [5.41, 5.74) is 1.03. The van der Waals surface area contributed by atoms with Crippen molar-refractivity contribution in [2.45, 2.75) is 44.7 Å². The van der Waals surface area contributed by atoms with Gasteiger partial charge < -0.3 is 5.32 Å². The van der Waals surface area contributed by atoms with Crippen LogP contribution in [0.15, 0.2) is 30.3 Å². The number of hydrogen-bond donors (Lipinski definition) is 1. The third-order valence-corrected chi connectivity index (χ3v) is 6.82. The Hall–Kier alpha value is -0.910. The van der Waals surface area contributed by atoms with Gasteiger partial charge in [0.25, 0.3) is 0 Å². The molecule has 1 aromatic rings. The Kier molecular flexibility index (Phi) is 6.01. The lowest BCUT2D eigenvalue weighted by Crippen LogP contribution is -2.43. The lowest BCUT2D eigenvalue weighted by atomic mass is 10.0. The highest BCUT2D eigenvalue weighted by Gasteiger charge is 2.33. The van der Waals surface area contributed by atoms with E-state index in [1.54, 1.807) is 11.4 Å². The molecule has 1 fully saturated rings. The first kappa shape index (κ1) is 17.4. The highest BCUT2D eigenvalue weighted by atomic mass is 32.2. The van der Waals surface area contributed by atoms with Gasteiger partial charge in [-0.25, -0.2) is 8.42 Å². The predicted molar refractivity (Wildman–Crippen MR) is 91.2 cm³/mol.